The quantitative estimate of drug-likeness (QED) is 0.840. The summed E-state index contributed by atoms with van der Waals surface area (Å²) in [6.07, 6.45) is 9.00. The lowest BCUT2D eigenvalue weighted by Crippen LogP contribution is -2.51. The first kappa shape index (κ1) is 14.2. The first-order valence-corrected chi connectivity index (χ1v) is 9.16. The number of nitrogens with zero attached hydrogens (tertiary/aromatic N) is 1. The van der Waals surface area contributed by atoms with Gasteiger partial charge in [-0.05, 0) is 69.5 Å². The molecule has 2 aliphatic heterocycles. The van der Waals surface area contributed by atoms with E-state index >= 15 is 0 Å². The van der Waals surface area contributed by atoms with Crippen LogP contribution in [0.1, 0.15) is 44.9 Å². The predicted octanol–water partition coefficient (Wildman–Crippen LogP) is 2.24. The van der Waals surface area contributed by atoms with Crippen LogP contribution in [0.4, 0.5) is 0 Å². The fourth-order valence-corrected chi connectivity index (χ4v) is 4.96. The second-order valence-corrected chi connectivity index (χ2v) is 7.63. The molecule has 3 fully saturated rings. The minimum Gasteiger partial charge on any atom is -0.375 e. The van der Waals surface area contributed by atoms with Crippen LogP contribution in [-0.2, 0) is 4.74 Å². The Morgan fingerprint density at radius 3 is 2.63 bits per heavy atom. The molecule has 110 valence electrons. The maximum atomic E-state index is 6.23. The van der Waals surface area contributed by atoms with Crippen LogP contribution in [0.5, 0.6) is 0 Å². The Morgan fingerprint density at radius 1 is 1.16 bits per heavy atom. The third-order valence-electron chi connectivity index (χ3n) is 4.98. The molecule has 19 heavy (non-hydrogen) atoms. The van der Waals surface area contributed by atoms with E-state index in [1.165, 1.54) is 56.6 Å². The highest BCUT2D eigenvalue weighted by molar-refractivity contribution is 7.99. The van der Waals surface area contributed by atoms with Gasteiger partial charge >= 0.3 is 0 Å². The molecule has 4 heteroatoms. The highest BCUT2D eigenvalue weighted by atomic mass is 32.2. The lowest BCUT2D eigenvalue weighted by Gasteiger charge is -2.46. The highest BCUT2D eigenvalue weighted by Gasteiger charge is 2.43. The minimum absolute atomic E-state index is 0.226. The lowest BCUT2D eigenvalue weighted by molar-refractivity contribution is -0.111. The second-order valence-electron chi connectivity index (χ2n) is 6.40. The monoisotopic (exact) mass is 284 g/mol. The topological polar surface area (TPSA) is 38.5 Å². The molecule has 2 N–H and O–H groups in total. The fourth-order valence-electron chi connectivity index (χ4n) is 3.72. The Kier molecular flexibility index (Phi) is 4.73. The fraction of sp³-hybridized carbons (Fsp3) is 1.00. The van der Waals surface area contributed by atoms with Crippen LogP contribution < -0.4 is 5.73 Å². The maximum absolute atomic E-state index is 6.23. The summed E-state index contributed by atoms with van der Waals surface area (Å²) < 4.78 is 6.23. The van der Waals surface area contributed by atoms with Crippen molar-refractivity contribution < 1.29 is 4.74 Å². The van der Waals surface area contributed by atoms with Crippen LogP contribution in [0.25, 0.3) is 0 Å². The Bertz CT molecular complexity index is 284. The van der Waals surface area contributed by atoms with Crippen molar-refractivity contribution in [1.29, 1.82) is 0 Å². The van der Waals surface area contributed by atoms with Crippen molar-refractivity contribution in [1.82, 2.24) is 4.90 Å². The van der Waals surface area contributed by atoms with E-state index in [1.807, 2.05) is 0 Å². The average molecular weight is 284 g/mol. The molecule has 0 aromatic rings. The van der Waals surface area contributed by atoms with E-state index in [4.69, 9.17) is 10.5 Å². The molecule has 1 unspecified atom stereocenters. The van der Waals surface area contributed by atoms with Crippen molar-refractivity contribution in [2.75, 3.05) is 31.2 Å². The van der Waals surface area contributed by atoms with Crippen LogP contribution in [0.15, 0.2) is 0 Å². The zero-order valence-corrected chi connectivity index (χ0v) is 12.8. The van der Waals surface area contributed by atoms with E-state index in [0.717, 1.165) is 31.7 Å². The number of nitrogens with two attached hydrogens (primary N) is 1. The van der Waals surface area contributed by atoms with Crippen LogP contribution in [0.2, 0.25) is 0 Å². The Hall–Kier alpha value is 0.230. The van der Waals surface area contributed by atoms with Gasteiger partial charge in [-0.25, -0.2) is 0 Å². The number of hydrogen-bond acceptors (Lipinski definition) is 4. The van der Waals surface area contributed by atoms with Crippen LogP contribution in [-0.4, -0.2) is 53.8 Å². The summed E-state index contributed by atoms with van der Waals surface area (Å²) in [5.41, 5.74) is 5.94. The summed E-state index contributed by atoms with van der Waals surface area (Å²) in [5.74, 6) is 2.58. The zero-order chi connectivity index (χ0) is 13.1. The van der Waals surface area contributed by atoms with E-state index in [1.54, 1.807) is 0 Å². The third-order valence-corrected chi connectivity index (χ3v) is 5.96. The molecular weight excluding hydrogens is 256 g/mol. The Balaban J connectivity index is 1.62. The summed E-state index contributed by atoms with van der Waals surface area (Å²) >= 11 is 2.09. The van der Waals surface area contributed by atoms with Gasteiger partial charge in [0.25, 0.3) is 0 Å². The molecule has 3 nitrogen and oxygen atoms in total. The lowest BCUT2D eigenvalue weighted by atomic mass is 9.84. The predicted molar refractivity (Wildman–Crippen MR) is 81.7 cm³/mol. The third kappa shape index (κ3) is 3.46. The molecule has 1 spiro atoms. The normalized spacial score (nSPS) is 30.9. The molecule has 0 aromatic carbocycles. The van der Waals surface area contributed by atoms with E-state index in [0.29, 0.717) is 0 Å². The molecule has 2 saturated heterocycles. The van der Waals surface area contributed by atoms with Crippen molar-refractivity contribution >= 4 is 11.8 Å². The molecule has 1 aliphatic carbocycles. The van der Waals surface area contributed by atoms with Gasteiger partial charge in [0.2, 0.25) is 0 Å². The van der Waals surface area contributed by atoms with Crippen LogP contribution >= 0.6 is 11.8 Å². The number of ether oxygens (including phenoxy) is 1. The van der Waals surface area contributed by atoms with E-state index in [9.17, 15) is 0 Å². The second kappa shape index (κ2) is 6.33. The number of rotatable bonds is 5. The Morgan fingerprint density at radius 2 is 1.95 bits per heavy atom. The van der Waals surface area contributed by atoms with Crippen molar-refractivity contribution in [3.8, 4) is 0 Å². The first-order chi connectivity index (χ1) is 9.33. The van der Waals surface area contributed by atoms with Gasteiger partial charge in [-0.1, -0.05) is 0 Å². The van der Waals surface area contributed by atoms with Crippen molar-refractivity contribution in [3.05, 3.63) is 0 Å². The van der Waals surface area contributed by atoms with Gasteiger partial charge in [0.15, 0.2) is 0 Å². The van der Waals surface area contributed by atoms with Gasteiger partial charge in [0, 0.05) is 18.7 Å². The van der Waals surface area contributed by atoms with Gasteiger partial charge < -0.3 is 10.5 Å². The first-order valence-electron chi connectivity index (χ1n) is 8.00. The summed E-state index contributed by atoms with van der Waals surface area (Å²) in [7, 11) is 0. The molecule has 1 atom stereocenters. The molecule has 3 aliphatic rings. The standard InChI is InChI=1S/C15H28N2OS/c16-7-1-8-17(13-2-3-13)14-4-9-18-15(12-14)5-10-19-11-6-15/h13-14H,1-12,16H2. The van der Waals surface area contributed by atoms with Gasteiger partial charge in [-0.3, -0.25) is 4.90 Å². The van der Waals surface area contributed by atoms with Gasteiger partial charge in [0.1, 0.15) is 0 Å². The van der Waals surface area contributed by atoms with Gasteiger partial charge in [-0.2, -0.15) is 11.8 Å². The zero-order valence-electron chi connectivity index (χ0n) is 12.0. The molecule has 0 amide bonds. The minimum atomic E-state index is 0.226. The largest absolute Gasteiger partial charge is 0.375 e. The molecule has 2 heterocycles. The van der Waals surface area contributed by atoms with E-state index in [2.05, 4.69) is 16.7 Å². The smallest absolute Gasteiger partial charge is 0.0713 e. The SMILES string of the molecule is NCCCN(C1CC1)C1CCOC2(CCSCC2)C1. The molecule has 3 rings (SSSR count). The van der Waals surface area contributed by atoms with Gasteiger partial charge in [0.05, 0.1) is 5.60 Å². The van der Waals surface area contributed by atoms with E-state index < -0.39 is 0 Å². The van der Waals surface area contributed by atoms with Crippen LogP contribution in [0.3, 0.4) is 0 Å². The van der Waals surface area contributed by atoms with Crippen molar-refractivity contribution in [3.63, 3.8) is 0 Å². The molecular formula is C15H28N2OS. The highest BCUT2D eigenvalue weighted by Crippen LogP contribution is 2.41. The Labute approximate surface area is 121 Å². The summed E-state index contributed by atoms with van der Waals surface area (Å²) in [6.45, 7) is 3.01. The summed E-state index contributed by atoms with van der Waals surface area (Å²) in [6, 6.07) is 1.63. The average Bonchev–Trinajstić information content (AvgIpc) is 3.25. The van der Waals surface area contributed by atoms with Crippen molar-refractivity contribution in [2.45, 2.75) is 62.6 Å². The van der Waals surface area contributed by atoms with Crippen LogP contribution in [0, 0.1) is 0 Å². The summed E-state index contributed by atoms with van der Waals surface area (Å²) in [5, 5.41) is 0. The van der Waals surface area contributed by atoms with Crippen molar-refractivity contribution in [2.24, 2.45) is 5.73 Å². The van der Waals surface area contributed by atoms with Gasteiger partial charge in [-0.15, -0.1) is 0 Å². The molecule has 0 radical (unpaired) electrons. The molecule has 0 bridgehead atoms. The molecule has 1 saturated carbocycles. The summed E-state index contributed by atoms with van der Waals surface area (Å²) in [4.78, 5) is 2.78. The number of thioether (sulfide) groups is 1. The maximum Gasteiger partial charge on any atom is 0.0713 e. The van der Waals surface area contributed by atoms with E-state index in [-0.39, 0.29) is 5.60 Å². The molecule has 0 aromatic heterocycles. The number of hydrogen-bond donors (Lipinski definition) is 1.